The molecule has 0 aromatic heterocycles. The predicted octanol–water partition coefficient (Wildman–Crippen LogP) is 1.97. The van der Waals surface area contributed by atoms with E-state index in [2.05, 4.69) is 5.32 Å². The first-order chi connectivity index (χ1) is 9.16. The molecule has 2 atom stereocenters. The summed E-state index contributed by atoms with van der Waals surface area (Å²) < 4.78 is 0. The van der Waals surface area contributed by atoms with Crippen LogP contribution in [-0.4, -0.2) is 24.5 Å². The molecule has 1 aliphatic heterocycles. The highest BCUT2D eigenvalue weighted by molar-refractivity contribution is 5.85. The Morgan fingerprint density at radius 1 is 1.40 bits per heavy atom. The van der Waals surface area contributed by atoms with Gasteiger partial charge in [0.25, 0.3) is 0 Å². The van der Waals surface area contributed by atoms with E-state index >= 15 is 0 Å². The molecule has 110 valence electrons. The predicted molar refractivity (Wildman–Crippen MR) is 75.3 cm³/mol. The zero-order valence-electron chi connectivity index (χ0n) is 11.2. The summed E-state index contributed by atoms with van der Waals surface area (Å²) >= 11 is 0. The topological polar surface area (TPSA) is 64.6 Å². The third-order valence-electron chi connectivity index (χ3n) is 3.15. The molecule has 1 heterocycles. The van der Waals surface area contributed by atoms with Crippen LogP contribution in [0.2, 0.25) is 0 Å². The molecule has 1 amide bonds. The molecule has 6 heteroatoms. The lowest BCUT2D eigenvalue weighted by Gasteiger charge is -2.12. The van der Waals surface area contributed by atoms with Gasteiger partial charge >= 0.3 is 5.97 Å². The van der Waals surface area contributed by atoms with Gasteiger partial charge in [0.2, 0.25) is 5.91 Å². The number of carbonyl (C=O) groups excluding carboxylic acids is 2. The van der Waals surface area contributed by atoms with E-state index in [1.807, 2.05) is 30.3 Å². The lowest BCUT2D eigenvalue weighted by molar-refractivity contribution is -0.275. The Kier molecular flexibility index (Phi) is 6.48. The molecule has 1 aromatic rings. The molecule has 0 radical (unpaired) electrons. The van der Waals surface area contributed by atoms with Crippen molar-refractivity contribution in [3.63, 3.8) is 0 Å². The lowest BCUT2D eigenvalue weighted by atomic mass is 10.0. The van der Waals surface area contributed by atoms with Crippen molar-refractivity contribution in [2.45, 2.75) is 31.7 Å². The van der Waals surface area contributed by atoms with Gasteiger partial charge in [-0.05, 0) is 18.9 Å². The van der Waals surface area contributed by atoms with Crippen LogP contribution in [0.1, 0.15) is 31.2 Å². The normalized spacial score (nSPS) is 18.9. The van der Waals surface area contributed by atoms with Crippen LogP contribution in [0.4, 0.5) is 0 Å². The van der Waals surface area contributed by atoms with Crippen LogP contribution in [0.15, 0.2) is 30.3 Å². The van der Waals surface area contributed by atoms with Crippen molar-refractivity contribution in [2.24, 2.45) is 0 Å². The van der Waals surface area contributed by atoms with Gasteiger partial charge in [0.1, 0.15) is 6.61 Å². The highest BCUT2D eigenvalue weighted by atomic mass is 35.5. The van der Waals surface area contributed by atoms with Crippen LogP contribution in [0.25, 0.3) is 0 Å². The van der Waals surface area contributed by atoms with E-state index in [1.54, 1.807) is 6.92 Å². The second kappa shape index (κ2) is 7.87. The van der Waals surface area contributed by atoms with Gasteiger partial charge in [-0.1, -0.05) is 30.3 Å². The Balaban J connectivity index is 0.00000200. The minimum absolute atomic E-state index is 0. The van der Waals surface area contributed by atoms with Gasteiger partial charge in [-0.25, -0.2) is 4.79 Å². The van der Waals surface area contributed by atoms with Crippen LogP contribution in [0.5, 0.6) is 0 Å². The second-order valence-electron chi connectivity index (χ2n) is 4.62. The van der Waals surface area contributed by atoms with E-state index in [-0.39, 0.29) is 36.9 Å². The summed E-state index contributed by atoms with van der Waals surface area (Å²) in [5.41, 5.74) is 0.880. The quantitative estimate of drug-likeness (QED) is 0.667. The van der Waals surface area contributed by atoms with Crippen LogP contribution in [0, 0.1) is 0 Å². The summed E-state index contributed by atoms with van der Waals surface area (Å²) in [6.45, 7) is 1.96. The Hall–Kier alpha value is -1.59. The van der Waals surface area contributed by atoms with Gasteiger partial charge in [0, 0.05) is 6.42 Å². The second-order valence-corrected chi connectivity index (χ2v) is 4.62. The number of rotatable bonds is 5. The Bertz CT molecular complexity index is 452. The molecule has 20 heavy (non-hydrogen) atoms. The van der Waals surface area contributed by atoms with Crippen LogP contribution in [-0.2, 0) is 19.4 Å². The minimum atomic E-state index is -0.435. The van der Waals surface area contributed by atoms with Crippen molar-refractivity contribution >= 4 is 24.3 Å². The van der Waals surface area contributed by atoms with Gasteiger partial charge in [-0.2, -0.15) is 4.89 Å². The minimum Gasteiger partial charge on any atom is -0.351 e. The molecular formula is C14H18ClNO4. The Morgan fingerprint density at radius 2 is 2.10 bits per heavy atom. The fourth-order valence-electron chi connectivity index (χ4n) is 1.93. The molecule has 1 fully saturated rings. The summed E-state index contributed by atoms with van der Waals surface area (Å²) in [4.78, 5) is 32.4. The smallest absolute Gasteiger partial charge is 0.349 e. The van der Waals surface area contributed by atoms with E-state index in [0.29, 0.717) is 12.8 Å². The maximum Gasteiger partial charge on any atom is 0.349 e. The molecule has 1 aromatic carbocycles. The number of amides is 1. The van der Waals surface area contributed by atoms with Crippen molar-refractivity contribution in [3.8, 4) is 0 Å². The van der Waals surface area contributed by atoms with E-state index in [1.165, 1.54) is 0 Å². The molecule has 1 unspecified atom stereocenters. The van der Waals surface area contributed by atoms with Gasteiger partial charge < -0.3 is 5.32 Å². The SMILES string of the molecule is CC(C(=O)OOC[C@@H]1CCC(=O)N1)c1ccccc1.Cl. The maximum atomic E-state index is 11.7. The highest BCUT2D eigenvalue weighted by Crippen LogP contribution is 2.16. The summed E-state index contributed by atoms with van der Waals surface area (Å²) in [5.74, 6) is -0.799. The number of benzene rings is 1. The number of nitrogens with one attached hydrogen (secondary N) is 1. The number of halogens is 1. The number of carbonyl (C=O) groups is 2. The molecular weight excluding hydrogens is 282 g/mol. The maximum absolute atomic E-state index is 11.7. The summed E-state index contributed by atoms with van der Waals surface area (Å²) in [6, 6.07) is 9.29. The van der Waals surface area contributed by atoms with E-state index < -0.39 is 5.97 Å². The average Bonchev–Trinajstić information content (AvgIpc) is 2.84. The first-order valence-electron chi connectivity index (χ1n) is 6.34. The zero-order chi connectivity index (χ0) is 13.7. The molecule has 0 bridgehead atoms. The van der Waals surface area contributed by atoms with E-state index in [0.717, 1.165) is 5.56 Å². The summed E-state index contributed by atoms with van der Waals surface area (Å²) in [6.07, 6.45) is 1.22. The number of hydrogen-bond acceptors (Lipinski definition) is 4. The van der Waals surface area contributed by atoms with Crippen LogP contribution < -0.4 is 5.32 Å². The molecule has 1 aliphatic rings. The standard InChI is InChI=1S/C14H17NO4.ClH/c1-10(11-5-3-2-4-6-11)14(17)19-18-9-12-7-8-13(16)15-12;/h2-6,10,12H,7-9H2,1H3,(H,15,16);1H/t10?,12-;/m0./s1. The molecule has 1 N–H and O–H groups in total. The average molecular weight is 300 g/mol. The van der Waals surface area contributed by atoms with Gasteiger partial charge in [0.05, 0.1) is 12.0 Å². The fraction of sp³-hybridized carbons (Fsp3) is 0.429. The van der Waals surface area contributed by atoms with E-state index in [9.17, 15) is 9.59 Å². The van der Waals surface area contributed by atoms with Gasteiger partial charge in [0.15, 0.2) is 0 Å². The van der Waals surface area contributed by atoms with Crippen molar-refractivity contribution in [3.05, 3.63) is 35.9 Å². The van der Waals surface area contributed by atoms with Gasteiger partial charge in [-0.15, -0.1) is 12.4 Å². The Labute approximate surface area is 124 Å². The summed E-state index contributed by atoms with van der Waals surface area (Å²) in [7, 11) is 0. The monoisotopic (exact) mass is 299 g/mol. The van der Waals surface area contributed by atoms with E-state index in [4.69, 9.17) is 9.78 Å². The van der Waals surface area contributed by atoms with Crippen molar-refractivity contribution in [1.29, 1.82) is 0 Å². The van der Waals surface area contributed by atoms with Crippen LogP contribution >= 0.6 is 12.4 Å². The summed E-state index contributed by atoms with van der Waals surface area (Å²) in [5, 5.41) is 2.73. The molecule has 0 aliphatic carbocycles. The molecule has 5 nitrogen and oxygen atoms in total. The third kappa shape index (κ3) is 4.51. The first kappa shape index (κ1) is 16.5. The Morgan fingerprint density at radius 3 is 2.70 bits per heavy atom. The first-order valence-corrected chi connectivity index (χ1v) is 6.34. The molecule has 1 saturated heterocycles. The highest BCUT2D eigenvalue weighted by Gasteiger charge is 2.23. The third-order valence-corrected chi connectivity index (χ3v) is 3.15. The lowest BCUT2D eigenvalue weighted by Crippen LogP contribution is -2.30. The molecule has 2 rings (SSSR count). The molecule has 0 spiro atoms. The largest absolute Gasteiger partial charge is 0.351 e. The molecule has 0 saturated carbocycles. The van der Waals surface area contributed by atoms with Crippen molar-refractivity contribution in [1.82, 2.24) is 5.32 Å². The van der Waals surface area contributed by atoms with Crippen LogP contribution in [0.3, 0.4) is 0 Å². The number of hydrogen-bond donors (Lipinski definition) is 1. The van der Waals surface area contributed by atoms with Crippen molar-refractivity contribution in [2.75, 3.05) is 6.61 Å². The zero-order valence-corrected chi connectivity index (χ0v) is 12.0. The fourth-order valence-corrected chi connectivity index (χ4v) is 1.93. The van der Waals surface area contributed by atoms with Crippen molar-refractivity contribution < 1.29 is 19.4 Å². The van der Waals surface area contributed by atoms with Gasteiger partial charge in [-0.3, -0.25) is 9.68 Å².